The first-order valence-electron chi connectivity index (χ1n) is 3.65. The van der Waals surface area contributed by atoms with Crippen molar-refractivity contribution in [3.05, 3.63) is 34.4 Å². The fraction of sp³-hybridized carbons (Fsp3) is 0.333. The summed E-state index contributed by atoms with van der Waals surface area (Å²) in [6, 6.07) is 0. The molecule has 1 aliphatic rings. The molecule has 2 heteroatoms. The van der Waals surface area contributed by atoms with Crippen LogP contribution in [0.5, 0.6) is 0 Å². The molecule has 0 amide bonds. The molecule has 0 atom stereocenters. The molecule has 1 nitrogen and oxygen atoms in total. The number of hydrogen-bond acceptors (Lipinski definition) is 1. The predicted molar refractivity (Wildman–Crippen MR) is 50.6 cm³/mol. The Bertz CT molecular complexity index is 211. The van der Waals surface area contributed by atoms with Gasteiger partial charge in [0.15, 0.2) is 0 Å². The van der Waals surface area contributed by atoms with E-state index in [1.165, 1.54) is 5.57 Å². The quantitative estimate of drug-likeness (QED) is 0.750. The van der Waals surface area contributed by atoms with Crippen LogP contribution in [0.3, 0.4) is 0 Å². The van der Waals surface area contributed by atoms with E-state index >= 15 is 0 Å². The van der Waals surface area contributed by atoms with Gasteiger partial charge in [-0.2, -0.15) is 0 Å². The topological polar surface area (TPSA) is 20.2 Å². The molecule has 0 fully saturated rings. The Hall–Kier alpha value is -0.340. The average Bonchev–Trinajstić information content (AvgIpc) is 2.17. The molecule has 0 spiro atoms. The van der Waals surface area contributed by atoms with E-state index in [0.717, 1.165) is 17.3 Å². The van der Waals surface area contributed by atoms with Crippen LogP contribution >= 0.6 is 15.9 Å². The van der Waals surface area contributed by atoms with Crippen LogP contribution in [0.25, 0.3) is 0 Å². The van der Waals surface area contributed by atoms with E-state index < -0.39 is 0 Å². The van der Waals surface area contributed by atoms with Crippen molar-refractivity contribution in [2.45, 2.75) is 12.8 Å². The summed E-state index contributed by atoms with van der Waals surface area (Å²) in [6.45, 7) is 0.241. The molecule has 0 heterocycles. The number of rotatable bonds is 2. The predicted octanol–water partition coefficient (Wildman–Crippen LogP) is 2.53. The molecule has 1 N–H and O–H groups in total. The number of aliphatic hydroxyl groups is 1. The third-order valence-electron chi connectivity index (χ3n) is 1.58. The van der Waals surface area contributed by atoms with Crippen LogP contribution in [0.15, 0.2) is 34.4 Å². The summed E-state index contributed by atoms with van der Waals surface area (Å²) in [6.07, 6.45) is 9.88. The van der Waals surface area contributed by atoms with Gasteiger partial charge < -0.3 is 5.11 Å². The summed E-state index contributed by atoms with van der Waals surface area (Å²) in [5.74, 6) is 0. The van der Waals surface area contributed by atoms with Gasteiger partial charge in [0, 0.05) is 11.1 Å². The van der Waals surface area contributed by atoms with E-state index in [1.54, 1.807) is 0 Å². The lowest BCUT2D eigenvalue weighted by molar-refractivity contribution is 0.298. The highest BCUT2D eigenvalue weighted by Gasteiger charge is 1.96. The van der Waals surface area contributed by atoms with E-state index in [0.29, 0.717) is 0 Å². The fourth-order valence-electron chi connectivity index (χ4n) is 0.970. The smallest absolute Gasteiger partial charge is 0.0468 e. The fourth-order valence-corrected chi connectivity index (χ4v) is 1.28. The van der Waals surface area contributed by atoms with Crippen LogP contribution in [0.2, 0.25) is 0 Å². The molecule has 0 aromatic rings. The van der Waals surface area contributed by atoms with Gasteiger partial charge in [0.2, 0.25) is 0 Å². The van der Waals surface area contributed by atoms with Crippen LogP contribution in [-0.4, -0.2) is 11.7 Å². The minimum atomic E-state index is 0.241. The van der Waals surface area contributed by atoms with Gasteiger partial charge in [-0.1, -0.05) is 39.7 Å². The van der Waals surface area contributed by atoms with Crippen molar-refractivity contribution in [3.63, 3.8) is 0 Å². The molecule has 0 saturated heterocycles. The van der Waals surface area contributed by atoms with Crippen molar-refractivity contribution >= 4 is 15.9 Å². The first kappa shape index (κ1) is 8.75. The molecule has 1 rings (SSSR count). The first-order valence-corrected chi connectivity index (χ1v) is 4.45. The van der Waals surface area contributed by atoms with E-state index in [4.69, 9.17) is 5.11 Å². The average molecular weight is 215 g/mol. The summed E-state index contributed by atoms with van der Waals surface area (Å²) in [4.78, 5) is 0. The highest BCUT2D eigenvalue weighted by molar-refractivity contribution is 9.11. The minimum absolute atomic E-state index is 0.241. The monoisotopic (exact) mass is 214 g/mol. The van der Waals surface area contributed by atoms with Crippen LogP contribution in [0.1, 0.15) is 12.8 Å². The number of hydrogen-bond donors (Lipinski definition) is 1. The molecule has 0 aromatic heterocycles. The van der Waals surface area contributed by atoms with E-state index in [9.17, 15) is 0 Å². The summed E-state index contributed by atoms with van der Waals surface area (Å²) in [7, 11) is 0. The van der Waals surface area contributed by atoms with Crippen molar-refractivity contribution in [3.8, 4) is 0 Å². The maximum absolute atomic E-state index is 8.68. The van der Waals surface area contributed by atoms with Gasteiger partial charge in [-0.05, 0) is 18.9 Å². The van der Waals surface area contributed by atoms with Gasteiger partial charge in [0.1, 0.15) is 0 Å². The lowest BCUT2D eigenvalue weighted by atomic mass is 10.1. The minimum Gasteiger partial charge on any atom is -0.396 e. The Morgan fingerprint density at radius 2 is 2.36 bits per heavy atom. The van der Waals surface area contributed by atoms with E-state index in [1.807, 2.05) is 12.2 Å². The Balaban J connectivity index is 2.58. The van der Waals surface area contributed by atoms with Crippen LogP contribution in [0.4, 0.5) is 0 Å². The van der Waals surface area contributed by atoms with Crippen LogP contribution < -0.4 is 0 Å². The molecule has 0 aliphatic heterocycles. The second-order valence-corrected chi connectivity index (χ2v) is 3.37. The highest BCUT2D eigenvalue weighted by Crippen LogP contribution is 2.17. The van der Waals surface area contributed by atoms with Crippen molar-refractivity contribution in [2.75, 3.05) is 6.61 Å². The van der Waals surface area contributed by atoms with Crippen LogP contribution in [0, 0.1) is 0 Å². The van der Waals surface area contributed by atoms with Crippen molar-refractivity contribution in [2.24, 2.45) is 0 Å². The van der Waals surface area contributed by atoms with Gasteiger partial charge >= 0.3 is 0 Å². The Morgan fingerprint density at radius 3 is 3.09 bits per heavy atom. The number of aliphatic hydroxyl groups excluding tert-OH is 1. The highest BCUT2D eigenvalue weighted by atomic mass is 79.9. The number of allylic oxidation sites excluding steroid dienone is 5. The van der Waals surface area contributed by atoms with Gasteiger partial charge in [-0.15, -0.1) is 0 Å². The molecule has 0 radical (unpaired) electrons. The second kappa shape index (κ2) is 4.52. The van der Waals surface area contributed by atoms with Crippen molar-refractivity contribution in [1.82, 2.24) is 0 Å². The Kier molecular flexibility index (Phi) is 3.60. The summed E-state index contributed by atoms with van der Waals surface area (Å²) in [5, 5.41) is 8.68. The molecular formula is C9H11BrO. The third kappa shape index (κ3) is 3.04. The second-order valence-electron chi connectivity index (χ2n) is 2.45. The van der Waals surface area contributed by atoms with Crippen molar-refractivity contribution in [1.29, 1.82) is 0 Å². The first-order chi connectivity index (χ1) is 5.33. The summed E-state index contributed by atoms with van der Waals surface area (Å²) in [5.41, 5.74) is 1.28. The number of halogens is 1. The zero-order chi connectivity index (χ0) is 8.10. The molecule has 60 valence electrons. The lowest BCUT2D eigenvalue weighted by Gasteiger charge is -1.98. The maximum Gasteiger partial charge on any atom is 0.0468 e. The normalized spacial score (nSPS) is 17.3. The molecule has 0 saturated carbocycles. The SMILES string of the molecule is OCCC1=CC=CC(Br)=CC1. The van der Waals surface area contributed by atoms with Crippen LogP contribution in [-0.2, 0) is 0 Å². The largest absolute Gasteiger partial charge is 0.396 e. The molecule has 0 unspecified atom stereocenters. The van der Waals surface area contributed by atoms with Crippen molar-refractivity contribution < 1.29 is 5.11 Å². The van der Waals surface area contributed by atoms with Gasteiger partial charge in [0.05, 0.1) is 0 Å². The zero-order valence-corrected chi connectivity index (χ0v) is 7.84. The Labute approximate surface area is 75.2 Å². The van der Waals surface area contributed by atoms with Gasteiger partial charge in [0.25, 0.3) is 0 Å². The van der Waals surface area contributed by atoms with E-state index in [2.05, 4.69) is 28.1 Å². The standard InChI is InChI=1S/C9H11BrO/c10-9-3-1-2-8(4-5-9)6-7-11/h1-3,5,11H,4,6-7H2. The third-order valence-corrected chi connectivity index (χ3v) is 2.17. The van der Waals surface area contributed by atoms with Gasteiger partial charge in [-0.3, -0.25) is 0 Å². The molecule has 1 aliphatic carbocycles. The molecule has 0 bridgehead atoms. The molecule has 0 aromatic carbocycles. The summed E-state index contributed by atoms with van der Waals surface area (Å²) < 4.78 is 1.11. The molecule has 11 heavy (non-hydrogen) atoms. The van der Waals surface area contributed by atoms with Gasteiger partial charge in [-0.25, -0.2) is 0 Å². The molecular weight excluding hydrogens is 204 g/mol. The Morgan fingerprint density at radius 1 is 1.55 bits per heavy atom. The zero-order valence-electron chi connectivity index (χ0n) is 6.26. The summed E-state index contributed by atoms with van der Waals surface area (Å²) >= 11 is 3.40. The van der Waals surface area contributed by atoms with E-state index in [-0.39, 0.29) is 6.61 Å². The lowest BCUT2D eigenvalue weighted by Crippen LogP contribution is -1.86. The maximum atomic E-state index is 8.68.